The molecule has 0 amide bonds. The van der Waals surface area contributed by atoms with Gasteiger partial charge in [-0.2, -0.15) is 0 Å². The van der Waals surface area contributed by atoms with Gasteiger partial charge in [0.15, 0.2) is 0 Å². The second-order valence-electron chi connectivity index (χ2n) is 4.60. The number of aliphatic carboxylic acids is 1. The zero-order valence-electron chi connectivity index (χ0n) is 10.7. The molecule has 0 fully saturated rings. The second kappa shape index (κ2) is 4.48. The van der Waals surface area contributed by atoms with Gasteiger partial charge in [-0.3, -0.25) is 0 Å². The van der Waals surface area contributed by atoms with Gasteiger partial charge < -0.3 is 15.6 Å². The van der Waals surface area contributed by atoms with Crippen LogP contribution in [0.2, 0.25) is 0 Å². The van der Waals surface area contributed by atoms with Crippen LogP contribution >= 0.6 is 11.8 Å². The minimum absolute atomic E-state index is 0.438. The molecule has 1 aliphatic heterocycles. The summed E-state index contributed by atoms with van der Waals surface area (Å²) in [6, 6.07) is 1.94. The Labute approximate surface area is 111 Å². The summed E-state index contributed by atoms with van der Waals surface area (Å²) >= 11 is 1.61. The molecule has 1 aromatic carbocycles. The third-order valence-electron chi connectivity index (χ3n) is 3.56. The number of nitrogens with two attached hydrogens (primary N) is 1. The molecule has 0 spiro atoms. The summed E-state index contributed by atoms with van der Waals surface area (Å²) in [5, 5.41) is 9.45. The topological polar surface area (TPSA) is 72.5 Å². The van der Waals surface area contributed by atoms with Gasteiger partial charge in [0.2, 0.25) is 0 Å². The van der Waals surface area contributed by atoms with Crippen LogP contribution in [0.4, 0.5) is 0 Å². The van der Waals surface area contributed by atoms with Gasteiger partial charge in [0.25, 0.3) is 0 Å². The first-order valence-corrected chi connectivity index (χ1v) is 6.74. The van der Waals surface area contributed by atoms with Crippen molar-refractivity contribution in [3.8, 4) is 5.75 Å². The van der Waals surface area contributed by atoms with Crippen molar-refractivity contribution in [2.75, 3.05) is 12.9 Å². The summed E-state index contributed by atoms with van der Waals surface area (Å²) in [6.45, 7) is 3.86. The summed E-state index contributed by atoms with van der Waals surface area (Å²) in [4.78, 5) is 12.4. The van der Waals surface area contributed by atoms with Gasteiger partial charge in [0, 0.05) is 11.3 Å². The summed E-state index contributed by atoms with van der Waals surface area (Å²) < 4.78 is 5.35. The van der Waals surface area contributed by atoms with Gasteiger partial charge >= 0.3 is 5.97 Å². The molecule has 2 rings (SSSR count). The zero-order chi connectivity index (χ0) is 13.5. The van der Waals surface area contributed by atoms with Gasteiger partial charge in [-0.05, 0) is 37.5 Å². The fraction of sp³-hybridized carbons (Fsp3) is 0.462. The van der Waals surface area contributed by atoms with Crippen LogP contribution < -0.4 is 10.5 Å². The van der Waals surface area contributed by atoms with Crippen molar-refractivity contribution < 1.29 is 14.6 Å². The van der Waals surface area contributed by atoms with E-state index in [1.165, 1.54) is 0 Å². The Morgan fingerprint density at radius 2 is 2.22 bits per heavy atom. The number of methoxy groups -OCH3 is 1. The van der Waals surface area contributed by atoms with Crippen LogP contribution in [0.3, 0.4) is 0 Å². The highest BCUT2D eigenvalue weighted by molar-refractivity contribution is 7.99. The lowest BCUT2D eigenvalue weighted by Crippen LogP contribution is -2.47. The maximum atomic E-state index is 11.5. The molecule has 1 aromatic rings. The van der Waals surface area contributed by atoms with E-state index in [1.54, 1.807) is 18.9 Å². The highest BCUT2D eigenvalue weighted by Crippen LogP contribution is 2.46. The molecule has 0 saturated carbocycles. The minimum Gasteiger partial charge on any atom is -0.496 e. The predicted octanol–water partition coefficient (Wildman–Crippen LogP) is 2.05. The lowest BCUT2D eigenvalue weighted by molar-refractivity contribution is -0.144. The molecule has 5 heteroatoms. The van der Waals surface area contributed by atoms with Crippen molar-refractivity contribution in [1.82, 2.24) is 0 Å². The number of benzene rings is 1. The highest BCUT2D eigenvalue weighted by Gasteiger charge is 2.43. The molecule has 1 heterocycles. The van der Waals surface area contributed by atoms with Gasteiger partial charge in [-0.25, -0.2) is 4.79 Å². The molecule has 98 valence electrons. The Balaban J connectivity index is 2.77. The first-order chi connectivity index (χ1) is 8.41. The van der Waals surface area contributed by atoms with E-state index in [1.807, 2.05) is 19.9 Å². The molecule has 3 N–H and O–H groups in total. The first kappa shape index (κ1) is 13.2. The fourth-order valence-electron chi connectivity index (χ4n) is 2.35. The quantitative estimate of drug-likeness (QED) is 0.858. The number of hydrogen-bond donors (Lipinski definition) is 2. The molecule has 0 aromatic heterocycles. The molecular formula is C13H17NO3S. The van der Waals surface area contributed by atoms with Gasteiger partial charge in [0.05, 0.1) is 12.0 Å². The second-order valence-corrected chi connectivity index (χ2v) is 5.70. The Hall–Kier alpha value is -1.20. The molecule has 0 radical (unpaired) electrons. The van der Waals surface area contributed by atoms with E-state index in [9.17, 15) is 9.90 Å². The molecule has 1 unspecified atom stereocenters. The Morgan fingerprint density at radius 1 is 1.56 bits per heavy atom. The van der Waals surface area contributed by atoms with Gasteiger partial charge in [-0.1, -0.05) is 0 Å². The summed E-state index contributed by atoms with van der Waals surface area (Å²) in [6.07, 6.45) is 0.438. The summed E-state index contributed by atoms with van der Waals surface area (Å²) in [5.74, 6) is 0.433. The van der Waals surface area contributed by atoms with Crippen molar-refractivity contribution in [3.05, 3.63) is 22.8 Å². The average molecular weight is 267 g/mol. The van der Waals surface area contributed by atoms with E-state index in [0.29, 0.717) is 23.5 Å². The third kappa shape index (κ3) is 1.78. The summed E-state index contributed by atoms with van der Waals surface area (Å²) in [7, 11) is 1.60. The number of carboxylic acids is 1. The van der Waals surface area contributed by atoms with Crippen LogP contribution in [0, 0.1) is 13.8 Å². The number of ether oxygens (including phenoxy) is 1. The Bertz CT molecular complexity index is 515. The Morgan fingerprint density at radius 3 is 2.78 bits per heavy atom. The molecular weight excluding hydrogens is 250 g/mol. The van der Waals surface area contributed by atoms with Crippen LogP contribution in [0.1, 0.15) is 23.1 Å². The van der Waals surface area contributed by atoms with Crippen LogP contribution in [0.15, 0.2) is 11.0 Å². The number of fused-ring (bicyclic) bond motifs is 1. The van der Waals surface area contributed by atoms with Crippen LogP contribution in [-0.2, 0) is 10.3 Å². The van der Waals surface area contributed by atoms with Crippen LogP contribution in [-0.4, -0.2) is 23.9 Å². The molecule has 18 heavy (non-hydrogen) atoms. The SMILES string of the molecule is COc1cc(C)c(C)c2c1SCCC2(N)C(=O)O. The lowest BCUT2D eigenvalue weighted by Gasteiger charge is -2.34. The predicted molar refractivity (Wildman–Crippen MR) is 71.3 cm³/mol. The normalized spacial score (nSPS) is 22.4. The number of rotatable bonds is 2. The van der Waals surface area contributed by atoms with Crippen LogP contribution in [0.5, 0.6) is 5.75 Å². The van der Waals surface area contributed by atoms with Crippen molar-refractivity contribution in [2.24, 2.45) is 5.73 Å². The van der Waals surface area contributed by atoms with Crippen molar-refractivity contribution >= 4 is 17.7 Å². The molecule has 1 atom stereocenters. The van der Waals surface area contributed by atoms with E-state index in [2.05, 4.69) is 0 Å². The van der Waals surface area contributed by atoms with Crippen LogP contribution in [0.25, 0.3) is 0 Å². The zero-order valence-corrected chi connectivity index (χ0v) is 11.6. The molecule has 1 aliphatic rings. The van der Waals surface area contributed by atoms with Gasteiger partial charge in [0.1, 0.15) is 11.3 Å². The largest absolute Gasteiger partial charge is 0.496 e. The molecule has 4 nitrogen and oxygen atoms in total. The van der Waals surface area contributed by atoms with E-state index >= 15 is 0 Å². The van der Waals surface area contributed by atoms with Gasteiger partial charge in [-0.15, -0.1) is 11.8 Å². The smallest absolute Gasteiger partial charge is 0.328 e. The van der Waals surface area contributed by atoms with E-state index in [0.717, 1.165) is 16.0 Å². The monoisotopic (exact) mass is 267 g/mol. The van der Waals surface area contributed by atoms with Crippen molar-refractivity contribution in [3.63, 3.8) is 0 Å². The Kier molecular flexibility index (Phi) is 3.29. The molecule has 0 saturated heterocycles. The number of carbonyl (C=O) groups is 1. The maximum Gasteiger partial charge on any atom is 0.328 e. The fourth-order valence-corrected chi connectivity index (χ4v) is 3.74. The third-order valence-corrected chi connectivity index (χ3v) is 4.66. The highest BCUT2D eigenvalue weighted by atomic mass is 32.2. The molecule has 0 aliphatic carbocycles. The van der Waals surface area contributed by atoms with Crippen molar-refractivity contribution in [2.45, 2.75) is 30.7 Å². The number of hydrogen-bond acceptors (Lipinski definition) is 4. The first-order valence-electron chi connectivity index (χ1n) is 5.75. The maximum absolute atomic E-state index is 11.5. The number of carboxylic acid groups (broad SMARTS) is 1. The number of thioether (sulfide) groups is 1. The van der Waals surface area contributed by atoms with Crippen molar-refractivity contribution in [1.29, 1.82) is 0 Å². The number of aryl methyl sites for hydroxylation is 1. The average Bonchev–Trinajstić information content (AvgIpc) is 2.33. The summed E-state index contributed by atoms with van der Waals surface area (Å²) in [5.41, 5.74) is 7.50. The molecule has 0 bridgehead atoms. The lowest BCUT2D eigenvalue weighted by atomic mass is 9.83. The van der Waals surface area contributed by atoms with E-state index in [-0.39, 0.29) is 0 Å². The van der Waals surface area contributed by atoms with E-state index < -0.39 is 11.5 Å². The standard InChI is InChI=1S/C13H17NO3S/c1-7-6-9(17-3)11-10(8(7)2)13(14,12(15)16)4-5-18-11/h6H,4-5,14H2,1-3H3,(H,15,16). The van der Waals surface area contributed by atoms with E-state index in [4.69, 9.17) is 10.5 Å². The minimum atomic E-state index is -1.30.